The molecule has 3 unspecified atom stereocenters. The van der Waals surface area contributed by atoms with Crippen molar-refractivity contribution in [1.82, 2.24) is 0 Å². The first kappa shape index (κ1) is 13.5. The smallest absolute Gasteiger partial charge is 0.308 e. The van der Waals surface area contributed by atoms with Crippen LogP contribution in [-0.2, 0) is 9.53 Å². The molecule has 1 aliphatic rings. The van der Waals surface area contributed by atoms with Crippen molar-refractivity contribution in [3.8, 4) is 0 Å². The Kier molecular flexibility index (Phi) is 5.81. The van der Waals surface area contributed by atoms with Crippen LogP contribution in [0.4, 0.5) is 0 Å². The van der Waals surface area contributed by atoms with E-state index in [0.717, 1.165) is 19.3 Å². The molecular weight excluding hydrogens is 202 g/mol. The molecule has 0 radical (unpaired) electrons. The van der Waals surface area contributed by atoms with E-state index in [-0.39, 0.29) is 18.0 Å². The number of hydrogen-bond donors (Lipinski definition) is 1. The largest absolute Gasteiger partial charge is 0.462 e. The lowest BCUT2D eigenvalue weighted by molar-refractivity contribution is -0.157. The van der Waals surface area contributed by atoms with Crippen LogP contribution in [0.5, 0.6) is 0 Å². The molecule has 16 heavy (non-hydrogen) atoms. The van der Waals surface area contributed by atoms with Gasteiger partial charge in [0.15, 0.2) is 0 Å². The maximum atomic E-state index is 11.8. The molecule has 0 aromatic rings. The zero-order valence-corrected chi connectivity index (χ0v) is 10.6. The summed E-state index contributed by atoms with van der Waals surface area (Å²) in [5.74, 6) is 0.490. The number of hydrogen-bond acceptors (Lipinski definition) is 3. The maximum Gasteiger partial charge on any atom is 0.308 e. The molecule has 0 saturated heterocycles. The number of carbonyl (C=O) groups excluding carboxylic acids is 1. The van der Waals surface area contributed by atoms with Crippen molar-refractivity contribution in [2.24, 2.45) is 17.6 Å². The van der Waals surface area contributed by atoms with Gasteiger partial charge in [-0.2, -0.15) is 0 Å². The summed E-state index contributed by atoms with van der Waals surface area (Å²) in [4.78, 5) is 11.8. The predicted octanol–water partition coefficient (Wildman–Crippen LogP) is 2.48. The zero-order chi connectivity index (χ0) is 12.0. The molecule has 0 aliphatic heterocycles. The Morgan fingerprint density at radius 1 is 1.44 bits per heavy atom. The monoisotopic (exact) mass is 227 g/mol. The second kappa shape index (κ2) is 6.89. The first-order valence-electron chi connectivity index (χ1n) is 6.55. The van der Waals surface area contributed by atoms with E-state index in [1.54, 1.807) is 0 Å². The van der Waals surface area contributed by atoms with E-state index < -0.39 is 0 Å². The molecule has 1 rings (SSSR count). The number of ether oxygens (including phenoxy) is 1. The molecule has 3 nitrogen and oxygen atoms in total. The summed E-state index contributed by atoms with van der Waals surface area (Å²) in [5, 5.41) is 0. The Morgan fingerprint density at radius 3 is 2.75 bits per heavy atom. The lowest BCUT2D eigenvalue weighted by Gasteiger charge is -2.29. The minimum absolute atomic E-state index is 0.00215. The molecule has 3 atom stereocenters. The molecule has 0 heterocycles. The van der Waals surface area contributed by atoms with Crippen molar-refractivity contribution in [3.63, 3.8) is 0 Å². The van der Waals surface area contributed by atoms with E-state index in [2.05, 4.69) is 6.92 Å². The van der Waals surface area contributed by atoms with Crippen molar-refractivity contribution in [3.05, 3.63) is 0 Å². The summed E-state index contributed by atoms with van der Waals surface area (Å²) in [5.41, 5.74) is 5.43. The van der Waals surface area contributed by atoms with Crippen molar-refractivity contribution >= 4 is 5.97 Å². The zero-order valence-electron chi connectivity index (χ0n) is 10.6. The van der Waals surface area contributed by atoms with Gasteiger partial charge >= 0.3 is 5.97 Å². The molecule has 0 bridgehead atoms. The minimum atomic E-state index is -0.0350. The lowest BCUT2D eigenvalue weighted by Crippen LogP contribution is -2.30. The highest BCUT2D eigenvalue weighted by Gasteiger charge is 2.26. The molecule has 3 heteroatoms. The van der Waals surface area contributed by atoms with Gasteiger partial charge in [0.1, 0.15) is 6.10 Å². The van der Waals surface area contributed by atoms with E-state index in [1.807, 2.05) is 6.92 Å². The van der Waals surface area contributed by atoms with Gasteiger partial charge in [0.2, 0.25) is 0 Å². The molecule has 0 spiro atoms. The van der Waals surface area contributed by atoms with Gasteiger partial charge in [-0.1, -0.05) is 20.3 Å². The average Bonchev–Trinajstić information content (AvgIpc) is 2.28. The first-order valence-corrected chi connectivity index (χ1v) is 6.55. The van der Waals surface area contributed by atoms with E-state index in [1.165, 1.54) is 19.3 Å². The Balaban J connectivity index is 2.31. The molecule has 1 aliphatic carbocycles. The highest BCUT2D eigenvalue weighted by molar-refractivity contribution is 5.72. The standard InChI is InChI=1S/C13H25NO2/c1-10-6-3-4-8-12(10)16-13(15)11(2)7-5-9-14/h10-12H,3-9,14H2,1-2H3. The summed E-state index contributed by atoms with van der Waals surface area (Å²) >= 11 is 0. The van der Waals surface area contributed by atoms with E-state index >= 15 is 0 Å². The molecular formula is C13H25NO2. The van der Waals surface area contributed by atoms with Crippen LogP contribution in [0.15, 0.2) is 0 Å². The fraction of sp³-hybridized carbons (Fsp3) is 0.923. The van der Waals surface area contributed by atoms with E-state index in [0.29, 0.717) is 12.5 Å². The van der Waals surface area contributed by atoms with Gasteiger partial charge in [-0.05, 0) is 44.6 Å². The van der Waals surface area contributed by atoms with Gasteiger partial charge in [0.05, 0.1) is 5.92 Å². The van der Waals surface area contributed by atoms with Crippen molar-refractivity contribution in [1.29, 1.82) is 0 Å². The predicted molar refractivity (Wildman–Crippen MR) is 65.0 cm³/mol. The van der Waals surface area contributed by atoms with Gasteiger partial charge < -0.3 is 10.5 Å². The summed E-state index contributed by atoms with van der Waals surface area (Å²) in [7, 11) is 0. The Morgan fingerprint density at radius 2 is 2.12 bits per heavy atom. The molecule has 2 N–H and O–H groups in total. The Hall–Kier alpha value is -0.570. The second-order valence-corrected chi connectivity index (χ2v) is 5.07. The molecule has 1 fully saturated rings. The number of rotatable bonds is 5. The van der Waals surface area contributed by atoms with Crippen LogP contribution >= 0.6 is 0 Å². The average molecular weight is 227 g/mol. The first-order chi connectivity index (χ1) is 7.65. The van der Waals surface area contributed by atoms with Crippen LogP contribution < -0.4 is 5.73 Å². The normalized spacial score (nSPS) is 27.4. The SMILES string of the molecule is CC(CCCN)C(=O)OC1CCCCC1C. The minimum Gasteiger partial charge on any atom is -0.462 e. The molecule has 94 valence electrons. The van der Waals surface area contributed by atoms with Gasteiger partial charge in [0, 0.05) is 0 Å². The highest BCUT2D eigenvalue weighted by atomic mass is 16.5. The molecule has 0 aromatic heterocycles. The fourth-order valence-corrected chi connectivity index (χ4v) is 2.26. The maximum absolute atomic E-state index is 11.8. The summed E-state index contributed by atoms with van der Waals surface area (Å²) in [6, 6.07) is 0. The van der Waals surface area contributed by atoms with Crippen LogP contribution in [0.1, 0.15) is 52.4 Å². The third-order valence-electron chi connectivity index (χ3n) is 3.54. The number of carbonyl (C=O) groups is 1. The van der Waals surface area contributed by atoms with Gasteiger partial charge in [-0.3, -0.25) is 4.79 Å². The van der Waals surface area contributed by atoms with Gasteiger partial charge in [-0.25, -0.2) is 0 Å². The van der Waals surface area contributed by atoms with E-state index in [4.69, 9.17) is 10.5 Å². The van der Waals surface area contributed by atoms with Gasteiger partial charge in [0.25, 0.3) is 0 Å². The van der Waals surface area contributed by atoms with Crippen LogP contribution in [0.3, 0.4) is 0 Å². The van der Waals surface area contributed by atoms with Crippen LogP contribution in [0.2, 0.25) is 0 Å². The lowest BCUT2D eigenvalue weighted by atomic mass is 9.88. The second-order valence-electron chi connectivity index (χ2n) is 5.07. The van der Waals surface area contributed by atoms with Crippen LogP contribution in [0.25, 0.3) is 0 Å². The quantitative estimate of drug-likeness (QED) is 0.734. The number of esters is 1. The van der Waals surface area contributed by atoms with Crippen molar-refractivity contribution in [2.75, 3.05) is 6.54 Å². The summed E-state index contributed by atoms with van der Waals surface area (Å²) in [6.07, 6.45) is 6.59. The molecule has 0 aromatic carbocycles. The van der Waals surface area contributed by atoms with Crippen molar-refractivity contribution in [2.45, 2.75) is 58.5 Å². The molecule has 1 saturated carbocycles. The van der Waals surface area contributed by atoms with Crippen LogP contribution in [0, 0.1) is 11.8 Å². The topological polar surface area (TPSA) is 52.3 Å². The summed E-state index contributed by atoms with van der Waals surface area (Å²) in [6.45, 7) is 4.77. The van der Waals surface area contributed by atoms with E-state index in [9.17, 15) is 4.79 Å². The Labute approximate surface area is 98.7 Å². The van der Waals surface area contributed by atoms with Crippen molar-refractivity contribution < 1.29 is 9.53 Å². The fourth-order valence-electron chi connectivity index (χ4n) is 2.26. The third kappa shape index (κ3) is 4.12. The summed E-state index contributed by atoms with van der Waals surface area (Å²) < 4.78 is 5.58. The van der Waals surface area contributed by atoms with Crippen LogP contribution in [-0.4, -0.2) is 18.6 Å². The molecule has 0 amide bonds. The third-order valence-corrected chi connectivity index (χ3v) is 3.54. The Bertz CT molecular complexity index is 218. The highest BCUT2D eigenvalue weighted by Crippen LogP contribution is 2.27. The van der Waals surface area contributed by atoms with Gasteiger partial charge in [-0.15, -0.1) is 0 Å². The number of nitrogens with two attached hydrogens (primary N) is 1.